The Balaban J connectivity index is 1.63. The van der Waals surface area contributed by atoms with Gasteiger partial charge in [0.2, 0.25) is 0 Å². The van der Waals surface area contributed by atoms with Crippen LogP contribution in [0.1, 0.15) is 42.0 Å². The number of ether oxygens (including phenoxy) is 1. The molecular formula is C26H27N5O3S. The van der Waals surface area contributed by atoms with Crippen molar-refractivity contribution in [2.75, 3.05) is 18.1 Å². The van der Waals surface area contributed by atoms with Gasteiger partial charge in [0.15, 0.2) is 5.82 Å². The maximum Gasteiger partial charge on any atom is 0.343 e. The molecule has 9 heteroatoms. The number of carbonyl (C=O) groups excluding carboxylic acids is 1. The summed E-state index contributed by atoms with van der Waals surface area (Å²) < 4.78 is 9.47. The van der Waals surface area contributed by atoms with Crippen LogP contribution in [0.4, 0.5) is 5.82 Å². The molecule has 4 aromatic rings. The van der Waals surface area contributed by atoms with Crippen molar-refractivity contribution in [3.05, 3.63) is 81.3 Å². The van der Waals surface area contributed by atoms with Gasteiger partial charge in [-0.3, -0.25) is 9.78 Å². The van der Waals surface area contributed by atoms with Gasteiger partial charge >= 0.3 is 10.8 Å². The maximum absolute atomic E-state index is 12.5. The zero-order valence-electron chi connectivity index (χ0n) is 19.9. The van der Waals surface area contributed by atoms with Gasteiger partial charge in [0.1, 0.15) is 17.2 Å². The zero-order chi connectivity index (χ0) is 24.8. The minimum Gasteiger partial charge on any atom is -0.462 e. The molecule has 180 valence electrons. The summed E-state index contributed by atoms with van der Waals surface area (Å²) >= 11 is 0.912. The Kier molecular flexibility index (Phi) is 7.67. The fourth-order valence-electron chi connectivity index (χ4n) is 3.88. The van der Waals surface area contributed by atoms with E-state index in [-0.39, 0.29) is 11.5 Å². The summed E-state index contributed by atoms with van der Waals surface area (Å²) in [6.07, 6.45) is 2.43. The molecule has 35 heavy (non-hydrogen) atoms. The Labute approximate surface area is 207 Å². The van der Waals surface area contributed by atoms with Crippen LogP contribution >= 0.6 is 11.5 Å². The Bertz CT molecular complexity index is 1360. The monoisotopic (exact) mass is 489 g/mol. The van der Waals surface area contributed by atoms with Gasteiger partial charge in [0, 0.05) is 36.4 Å². The highest BCUT2D eigenvalue weighted by atomic mass is 32.1. The van der Waals surface area contributed by atoms with Crippen LogP contribution < -0.4 is 9.77 Å². The first kappa shape index (κ1) is 24.3. The normalized spacial score (nSPS) is 10.8. The minimum absolute atomic E-state index is 0.177. The Hall–Kier alpha value is -3.85. The Morgan fingerprint density at radius 1 is 1.09 bits per heavy atom. The molecule has 0 atom stereocenters. The van der Waals surface area contributed by atoms with E-state index in [1.807, 2.05) is 31.2 Å². The molecule has 2 aromatic carbocycles. The molecule has 0 radical (unpaired) electrons. The van der Waals surface area contributed by atoms with Gasteiger partial charge in [-0.1, -0.05) is 55.5 Å². The van der Waals surface area contributed by atoms with E-state index >= 15 is 0 Å². The van der Waals surface area contributed by atoms with E-state index in [2.05, 4.69) is 55.4 Å². The standard InChI is InChI=1S/C26H27N5O3S/c1-4-14-31(24-22(25(32)34-5-2)15-27-17(3)28-24)16-18-10-12-19(13-11-18)20-8-6-7-9-21(20)23-29-26(33)35-30-23/h6-13,15H,4-5,14,16H2,1-3H3,(H,29,30,33). The van der Waals surface area contributed by atoms with Crippen molar-refractivity contribution in [3.63, 3.8) is 0 Å². The Morgan fingerprint density at radius 2 is 1.83 bits per heavy atom. The van der Waals surface area contributed by atoms with Crippen LogP contribution in [0.15, 0.2) is 59.5 Å². The number of aromatic nitrogens is 4. The summed E-state index contributed by atoms with van der Waals surface area (Å²) in [5.41, 5.74) is 4.33. The summed E-state index contributed by atoms with van der Waals surface area (Å²) in [6, 6.07) is 16.1. The summed E-state index contributed by atoms with van der Waals surface area (Å²) in [6.45, 7) is 7.28. The zero-order valence-corrected chi connectivity index (χ0v) is 20.8. The van der Waals surface area contributed by atoms with E-state index in [0.717, 1.165) is 46.8 Å². The smallest absolute Gasteiger partial charge is 0.343 e. The maximum atomic E-state index is 12.5. The van der Waals surface area contributed by atoms with Gasteiger partial charge in [-0.2, -0.15) is 4.37 Å². The molecule has 2 heterocycles. The van der Waals surface area contributed by atoms with E-state index < -0.39 is 5.97 Å². The fourth-order valence-corrected chi connectivity index (χ4v) is 4.34. The highest BCUT2D eigenvalue weighted by Gasteiger charge is 2.20. The second-order valence-corrected chi connectivity index (χ2v) is 8.72. The first-order valence-corrected chi connectivity index (χ1v) is 12.3. The first-order chi connectivity index (χ1) is 17.0. The lowest BCUT2D eigenvalue weighted by Crippen LogP contribution is -2.27. The molecule has 2 aromatic heterocycles. The molecule has 0 aliphatic rings. The van der Waals surface area contributed by atoms with Crippen LogP contribution in [0.2, 0.25) is 0 Å². The first-order valence-electron chi connectivity index (χ1n) is 11.5. The predicted molar refractivity (Wildman–Crippen MR) is 138 cm³/mol. The summed E-state index contributed by atoms with van der Waals surface area (Å²) in [5, 5.41) is 0. The van der Waals surface area contributed by atoms with Crippen molar-refractivity contribution >= 4 is 23.3 Å². The third-order valence-electron chi connectivity index (χ3n) is 5.44. The number of rotatable bonds is 9. The quantitative estimate of drug-likeness (QED) is 0.335. The van der Waals surface area contributed by atoms with E-state index in [1.54, 1.807) is 13.1 Å². The molecule has 0 bridgehead atoms. The topological polar surface area (TPSA) is 101 Å². The van der Waals surface area contributed by atoms with Crippen molar-refractivity contribution in [3.8, 4) is 22.5 Å². The Morgan fingerprint density at radius 3 is 2.49 bits per heavy atom. The van der Waals surface area contributed by atoms with Gasteiger partial charge in [-0.15, -0.1) is 0 Å². The van der Waals surface area contributed by atoms with Crippen LogP contribution in [0, 0.1) is 6.92 Å². The number of aromatic amines is 1. The molecule has 0 aliphatic carbocycles. The van der Waals surface area contributed by atoms with Gasteiger partial charge in [-0.25, -0.2) is 14.8 Å². The van der Waals surface area contributed by atoms with Gasteiger partial charge in [0.05, 0.1) is 6.61 Å². The van der Waals surface area contributed by atoms with Crippen LogP contribution in [0.5, 0.6) is 0 Å². The highest BCUT2D eigenvalue weighted by Crippen LogP contribution is 2.30. The third kappa shape index (κ3) is 5.63. The number of nitrogens with zero attached hydrogens (tertiary/aromatic N) is 4. The van der Waals surface area contributed by atoms with Crippen molar-refractivity contribution in [2.45, 2.75) is 33.7 Å². The van der Waals surface area contributed by atoms with E-state index in [9.17, 15) is 9.59 Å². The number of benzene rings is 2. The second-order valence-electron chi connectivity index (χ2n) is 7.98. The second kappa shape index (κ2) is 11.1. The third-order valence-corrected chi connectivity index (χ3v) is 5.98. The summed E-state index contributed by atoms with van der Waals surface area (Å²) in [7, 11) is 0. The lowest BCUT2D eigenvalue weighted by molar-refractivity contribution is 0.0526. The molecule has 8 nitrogen and oxygen atoms in total. The summed E-state index contributed by atoms with van der Waals surface area (Å²) in [4.78, 5) is 37.6. The molecule has 0 saturated carbocycles. The average Bonchev–Trinajstić information content (AvgIpc) is 3.30. The van der Waals surface area contributed by atoms with Crippen LogP contribution in [-0.4, -0.2) is 38.4 Å². The van der Waals surface area contributed by atoms with E-state index in [4.69, 9.17) is 4.74 Å². The molecule has 0 unspecified atom stereocenters. The number of nitrogens with one attached hydrogen (secondary N) is 1. The van der Waals surface area contributed by atoms with Gasteiger partial charge in [0.25, 0.3) is 0 Å². The lowest BCUT2D eigenvalue weighted by Gasteiger charge is -2.25. The molecule has 0 spiro atoms. The molecule has 1 N–H and O–H groups in total. The lowest BCUT2D eigenvalue weighted by atomic mass is 9.98. The molecular weight excluding hydrogens is 462 g/mol. The largest absolute Gasteiger partial charge is 0.462 e. The number of hydrogen-bond acceptors (Lipinski definition) is 8. The highest BCUT2D eigenvalue weighted by molar-refractivity contribution is 7.03. The minimum atomic E-state index is -0.421. The van der Waals surface area contributed by atoms with Crippen LogP contribution in [0.25, 0.3) is 22.5 Å². The van der Waals surface area contributed by atoms with Crippen molar-refractivity contribution < 1.29 is 9.53 Å². The molecule has 0 aliphatic heterocycles. The number of carbonyl (C=O) groups is 1. The van der Waals surface area contributed by atoms with Crippen molar-refractivity contribution in [2.24, 2.45) is 0 Å². The average molecular weight is 490 g/mol. The number of aryl methyl sites for hydroxylation is 1. The van der Waals surface area contributed by atoms with E-state index in [0.29, 0.717) is 29.6 Å². The van der Waals surface area contributed by atoms with E-state index in [1.165, 1.54) is 0 Å². The molecule has 0 amide bonds. The van der Waals surface area contributed by atoms with Gasteiger partial charge in [-0.05, 0) is 37.0 Å². The summed E-state index contributed by atoms with van der Waals surface area (Å²) in [5.74, 6) is 1.33. The predicted octanol–water partition coefficient (Wildman–Crippen LogP) is 4.86. The van der Waals surface area contributed by atoms with Crippen molar-refractivity contribution in [1.29, 1.82) is 0 Å². The number of anilines is 1. The molecule has 0 fully saturated rings. The number of H-pyrrole nitrogens is 1. The van der Waals surface area contributed by atoms with Crippen molar-refractivity contribution in [1.82, 2.24) is 19.3 Å². The van der Waals surface area contributed by atoms with Gasteiger partial charge < -0.3 is 9.64 Å². The molecule has 4 rings (SSSR count). The fraction of sp³-hybridized carbons (Fsp3) is 0.269. The number of hydrogen-bond donors (Lipinski definition) is 1. The number of esters is 1. The molecule has 0 saturated heterocycles. The van der Waals surface area contributed by atoms with Crippen LogP contribution in [0.3, 0.4) is 0 Å². The SMILES string of the molecule is CCCN(Cc1ccc(-c2ccccc2-c2nsc(=O)[nH]2)cc1)c1nc(C)ncc1C(=O)OCC. The van der Waals surface area contributed by atoms with Crippen LogP contribution in [-0.2, 0) is 11.3 Å².